The highest BCUT2D eigenvalue weighted by Crippen LogP contribution is 2.30. The van der Waals surface area contributed by atoms with Crippen LogP contribution in [0.3, 0.4) is 0 Å². The number of nitrogens with one attached hydrogen (secondary N) is 1. The number of aromatic nitrogens is 2. The monoisotopic (exact) mass is 453 g/mol. The Morgan fingerprint density at radius 2 is 1.79 bits per heavy atom. The molecule has 0 aliphatic heterocycles. The van der Waals surface area contributed by atoms with Gasteiger partial charge in [-0.05, 0) is 67.1 Å². The lowest BCUT2D eigenvalue weighted by Gasteiger charge is -2.16. The summed E-state index contributed by atoms with van der Waals surface area (Å²) in [5.41, 5.74) is 4.68. The van der Waals surface area contributed by atoms with E-state index in [1.807, 2.05) is 38.1 Å². The van der Waals surface area contributed by atoms with Gasteiger partial charge in [0, 0.05) is 17.7 Å². The topological polar surface area (TPSA) is 118 Å². The van der Waals surface area contributed by atoms with Crippen LogP contribution in [0.1, 0.15) is 30.5 Å². The Bertz CT molecular complexity index is 1050. The van der Waals surface area contributed by atoms with Crippen molar-refractivity contribution in [2.24, 2.45) is 5.92 Å². The molecular weight excluding hydrogens is 422 g/mol. The van der Waals surface area contributed by atoms with Gasteiger partial charge in [-0.3, -0.25) is 4.79 Å². The van der Waals surface area contributed by atoms with Crippen LogP contribution >= 0.6 is 0 Å². The van der Waals surface area contributed by atoms with Crippen LogP contribution in [-0.4, -0.2) is 52.1 Å². The molecule has 1 atom stereocenters. The standard InChI is InChI=1S/C25H31N3O5/c1-15(2)9-18-5-7-19(8-6-18)25-27-24(28-33-25)20-10-16(3)23(17(4)11-20)32-14-21(30)12-26-22(31)13-29/h5-8,10-11,15,21,29-30H,9,12-14H2,1-4H3,(H,26,31)/t21-/m0/s1. The zero-order chi connectivity index (χ0) is 24.0. The van der Waals surface area contributed by atoms with Crippen molar-refractivity contribution in [2.45, 2.75) is 40.2 Å². The number of hydrogen-bond donors (Lipinski definition) is 3. The summed E-state index contributed by atoms with van der Waals surface area (Å²) >= 11 is 0. The second kappa shape index (κ2) is 11.1. The first-order chi connectivity index (χ1) is 15.8. The Labute approximate surface area is 193 Å². The molecule has 1 heterocycles. The molecule has 0 unspecified atom stereocenters. The molecular formula is C25H31N3O5. The van der Waals surface area contributed by atoms with Crippen LogP contribution in [0.25, 0.3) is 22.8 Å². The highest BCUT2D eigenvalue weighted by atomic mass is 16.5. The predicted octanol–water partition coefficient (Wildman–Crippen LogP) is 3.07. The molecule has 0 fully saturated rings. The number of ether oxygens (including phenoxy) is 1. The van der Waals surface area contributed by atoms with Gasteiger partial charge in [0.1, 0.15) is 25.1 Å². The smallest absolute Gasteiger partial charge is 0.258 e. The lowest BCUT2D eigenvalue weighted by Crippen LogP contribution is -2.36. The molecule has 0 aliphatic carbocycles. The lowest BCUT2D eigenvalue weighted by molar-refractivity contribution is -0.124. The second-order valence-electron chi connectivity index (χ2n) is 8.58. The van der Waals surface area contributed by atoms with Gasteiger partial charge >= 0.3 is 0 Å². The number of hydrogen-bond acceptors (Lipinski definition) is 7. The highest BCUT2D eigenvalue weighted by Gasteiger charge is 2.15. The summed E-state index contributed by atoms with van der Waals surface area (Å²) in [4.78, 5) is 15.6. The summed E-state index contributed by atoms with van der Waals surface area (Å²) < 4.78 is 11.3. The van der Waals surface area contributed by atoms with Crippen LogP contribution in [0, 0.1) is 19.8 Å². The third kappa shape index (κ3) is 6.63. The van der Waals surface area contributed by atoms with Gasteiger partial charge < -0.3 is 24.8 Å². The number of aryl methyl sites for hydroxylation is 2. The fraction of sp³-hybridized carbons (Fsp3) is 0.400. The van der Waals surface area contributed by atoms with E-state index in [-0.39, 0.29) is 13.2 Å². The van der Waals surface area contributed by atoms with E-state index in [0.717, 1.165) is 28.7 Å². The number of rotatable bonds is 10. The molecule has 0 radical (unpaired) electrons. The van der Waals surface area contributed by atoms with Gasteiger partial charge in [0.05, 0.1) is 0 Å². The SMILES string of the molecule is Cc1cc(-c2noc(-c3ccc(CC(C)C)cc3)n2)cc(C)c1OC[C@@H](O)CNC(=O)CO. The Kier molecular flexibility index (Phi) is 8.19. The molecule has 0 saturated carbocycles. The maximum atomic E-state index is 11.1. The molecule has 1 aromatic heterocycles. The molecule has 3 aromatic rings. The number of aliphatic hydroxyl groups excluding tert-OH is 2. The molecule has 33 heavy (non-hydrogen) atoms. The molecule has 1 amide bonds. The van der Waals surface area contributed by atoms with E-state index in [1.54, 1.807) is 0 Å². The van der Waals surface area contributed by atoms with E-state index in [9.17, 15) is 9.90 Å². The Morgan fingerprint density at radius 1 is 1.12 bits per heavy atom. The lowest BCUT2D eigenvalue weighted by atomic mass is 10.0. The summed E-state index contributed by atoms with van der Waals surface area (Å²) in [6.07, 6.45) is 0.127. The molecule has 2 aromatic carbocycles. The average Bonchev–Trinajstić information content (AvgIpc) is 3.27. The Balaban J connectivity index is 1.68. The normalized spacial score (nSPS) is 12.1. The minimum Gasteiger partial charge on any atom is -0.490 e. The summed E-state index contributed by atoms with van der Waals surface area (Å²) in [7, 11) is 0. The van der Waals surface area contributed by atoms with E-state index in [4.69, 9.17) is 14.4 Å². The van der Waals surface area contributed by atoms with Gasteiger partial charge in [-0.2, -0.15) is 4.98 Å². The number of carbonyl (C=O) groups excluding carboxylic acids is 1. The van der Waals surface area contributed by atoms with Crippen molar-refractivity contribution in [3.8, 4) is 28.6 Å². The average molecular weight is 454 g/mol. The van der Waals surface area contributed by atoms with Crippen molar-refractivity contribution in [1.29, 1.82) is 0 Å². The molecule has 0 saturated heterocycles. The fourth-order valence-corrected chi connectivity index (χ4v) is 3.55. The summed E-state index contributed by atoms with van der Waals surface area (Å²) in [6.45, 7) is 7.58. The van der Waals surface area contributed by atoms with Crippen LogP contribution in [0.5, 0.6) is 5.75 Å². The van der Waals surface area contributed by atoms with Crippen molar-refractivity contribution in [3.05, 3.63) is 53.1 Å². The minimum absolute atomic E-state index is 0.000339. The summed E-state index contributed by atoms with van der Waals surface area (Å²) in [5.74, 6) is 1.65. The molecule has 0 aliphatic rings. The van der Waals surface area contributed by atoms with Gasteiger partial charge in [-0.25, -0.2) is 0 Å². The van der Waals surface area contributed by atoms with Crippen molar-refractivity contribution in [1.82, 2.24) is 15.5 Å². The third-order valence-corrected chi connectivity index (χ3v) is 5.09. The van der Waals surface area contributed by atoms with Crippen LogP contribution < -0.4 is 10.1 Å². The third-order valence-electron chi connectivity index (χ3n) is 5.09. The van der Waals surface area contributed by atoms with Crippen LogP contribution in [0.15, 0.2) is 40.9 Å². The Morgan fingerprint density at radius 3 is 2.39 bits per heavy atom. The molecule has 3 N–H and O–H groups in total. The largest absolute Gasteiger partial charge is 0.490 e. The first-order valence-corrected chi connectivity index (χ1v) is 11.0. The van der Waals surface area contributed by atoms with Crippen LogP contribution in [-0.2, 0) is 11.2 Å². The number of aliphatic hydroxyl groups is 2. The van der Waals surface area contributed by atoms with Gasteiger partial charge in [0.15, 0.2) is 0 Å². The zero-order valence-electron chi connectivity index (χ0n) is 19.5. The second-order valence-corrected chi connectivity index (χ2v) is 8.58. The van der Waals surface area contributed by atoms with Crippen molar-refractivity contribution < 1.29 is 24.3 Å². The number of nitrogens with zero attached hydrogens (tertiary/aromatic N) is 2. The maximum absolute atomic E-state index is 11.1. The highest BCUT2D eigenvalue weighted by molar-refractivity contribution is 5.76. The van der Waals surface area contributed by atoms with Gasteiger partial charge in [-0.15, -0.1) is 0 Å². The minimum atomic E-state index is -0.898. The first kappa shape index (κ1) is 24.4. The van der Waals surface area contributed by atoms with Crippen molar-refractivity contribution in [2.75, 3.05) is 19.8 Å². The fourth-order valence-electron chi connectivity index (χ4n) is 3.55. The number of carbonyl (C=O) groups is 1. The van der Waals surface area contributed by atoms with Gasteiger partial charge in [0.2, 0.25) is 11.7 Å². The molecule has 176 valence electrons. The van der Waals surface area contributed by atoms with Crippen molar-refractivity contribution >= 4 is 5.91 Å². The quantitative estimate of drug-likeness (QED) is 0.432. The predicted molar refractivity (Wildman–Crippen MR) is 125 cm³/mol. The number of benzene rings is 2. The molecule has 0 bridgehead atoms. The zero-order valence-corrected chi connectivity index (χ0v) is 19.5. The molecule has 8 nitrogen and oxygen atoms in total. The van der Waals surface area contributed by atoms with E-state index in [1.165, 1.54) is 5.56 Å². The van der Waals surface area contributed by atoms with Gasteiger partial charge in [-0.1, -0.05) is 31.1 Å². The Hall–Kier alpha value is -3.23. The molecule has 3 rings (SSSR count). The summed E-state index contributed by atoms with van der Waals surface area (Å²) in [6, 6.07) is 12.0. The maximum Gasteiger partial charge on any atom is 0.258 e. The number of amides is 1. The first-order valence-electron chi connectivity index (χ1n) is 11.0. The molecule has 8 heteroatoms. The van der Waals surface area contributed by atoms with E-state index in [0.29, 0.717) is 23.4 Å². The summed E-state index contributed by atoms with van der Waals surface area (Å²) in [5, 5.41) is 25.2. The van der Waals surface area contributed by atoms with Crippen LogP contribution in [0.4, 0.5) is 0 Å². The van der Waals surface area contributed by atoms with Crippen molar-refractivity contribution in [3.63, 3.8) is 0 Å². The van der Waals surface area contributed by atoms with E-state index in [2.05, 4.69) is 41.4 Å². The van der Waals surface area contributed by atoms with E-state index < -0.39 is 18.6 Å². The molecule has 0 spiro atoms. The van der Waals surface area contributed by atoms with Crippen LogP contribution in [0.2, 0.25) is 0 Å². The van der Waals surface area contributed by atoms with Gasteiger partial charge in [0.25, 0.3) is 5.89 Å². The van der Waals surface area contributed by atoms with E-state index >= 15 is 0 Å².